The number of para-hydroxylation sites is 1. The maximum absolute atomic E-state index is 12.8. The number of carbonyl (C=O) groups is 1. The molecule has 1 saturated heterocycles. The molecule has 1 N–H and O–H groups in total. The van der Waals surface area contributed by atoms with Crippen molar-refractivity contribution >= 4 is 56.3 Å². The molecule has 0 unspecified atom stereocenters. The molecule has 0 radical (unpaired) electrons. The fourth-order valence-corrected chi connectivity index (χ4v) is 5.54. The minimum Gasteiger partial charge on any atom is -0.342 e. The number of fused-ring (bicyclic) bond motifs is 2. The summed E-state index contributed by atoms with van der Waals surface area (Å²) in [6.07, 6.45) is 4.11. The smallest absolute Gasteiger partial charge is 0.264 e. The monoisotopic (exact) mass is 487 g/mol. The van der Waals surface area contributed by atoms with Crippen molar-refractivity contribution in [1.29, 1.82) is 0 Å². The number of rotatable bonds is 4. The lowest BCUT2D eigenvalue weighted by Gasteiger charge is -2.07. The summed E-state index contributed by atoms with van der Waals surface area (Å²) < 4.78 is 2.26. The van der Waals surface area contributed by atoms with Gasteiger partial charge in [-0.05, 0) is 71.8 Å². The molecule has 2 heterocycles. The Morgan fingerprint density at radius 3 is 2.58 bits per heavy atom. The average Bonchev–Trinajstić information content (AvgIpc) is 3.40. The van der Waals surface area contributed by atoms with Crippen molar-refractivity contribution in [3.8, 4) is 0 Å². The van der Waals surface area contributed by atoms with Crippen LogP contribution in [-0.2, 0) is 11.3 Å². The molecule has 5 aromatic rings. The van der Waals surface area contributed by atoms with Crippen LogP contribution in [0, 0.1) is 13.8 Å². The molecule has 1 amide bonds. The Bertz CT molecular complexity index is 1710. The second kappa shape index (κ2) is 9.17. The van der Waals surface area contributed by atoms with E-state index in [1.165, 1.54) is 33.7 Å². The number of aliphatic imine (C=N–C) groups is 1. The number of aromatic nitrogens is 1. The highest BCUT2D eigenvalue weighted by molar-refractivity contribution is 8.18. The molecule has 0 spiro atoms. The van der Waals surface area contributed by atoms with Crippen LogP contribution in [0.1, 0.15) is 22.3 Å². The normalized spacial score (nSPS) is 15.9. The zero-order chi connectivity index (χ0) is 24.6. The van der Waals surface area contributed by atoms with Crippen molar-refractivity contribution in [3.05, 3.63) is 118 Å². The SMILES string of the molecule is Cc1ccc(N=C2NC(=O)/C(=C\c3cn(Cc4ccc5ccccc5c4)c4ccccc34)S2)c(C)c1. The number of thioether (sulfide) groups is 1. The molecule has 1 aliphatic heterocycles. The molecule has 0 bridgehead atoms. The standard InChI is InChI=1S/C31H25N3OS/c1-20-11-14-27(21(2)15-20)32-31-33-30(35)29(36-31)17-25-19-34(28-10-6-5-9-26(25)28)18-22-12-13-23-7-3-4-8-24(23)16-22/h3-17,19H,18H2,1-2H3,(H,32,33,35)/b29-17+. The van der Waals surface area contributed by atoms with Gasteiger partial charge in [-0.1, -0.05) is 72.3 Å². The number of aryl methyl sites for hydroxylation is 2. The number of nitrogens with one attached hydrogen (secondary N) is 1. The van der Waals surface area contributed by atoms with Gasteiger partial charge in [0, 0.05) is 29.2 Å². The van der Waals surface area contributed by atoms with Crippen LogP contribution < -0.4 is 5.32 Å². The maximum Gasteiger partial charge on any atom is 0.264 e. The summed E-state index contributed by atoms with van der Waals surface area (Å²) in [5.74, 6) is -0.116. The van der Waals surface area contributed by atoms with E-state index in [-0.39, 0.29) is 5.91 Å². The van der Waals surface area contributed by atoms with Crippen LogP contribution >= 0.6 is 11.8 Å². The van der Waals surface area contributed by atoms with Gasteiger partial charge in [-0.15, -0.1) is 0 Å². The third-order valence-corrected chi connectivity index (χ3v) is 7.41. The molecule has 5 heteroatoms. The van der Waals surface area contributed by atoms with Gasteiger partial charge in [0.25, 0.3) is 5.91 Å². The van der Waals surface area contributed by atoms with E-state index >= 15 is 0 Å². The number of amidine groups is 1. The molecular formula is C31H25N3OS. The first-order chi connectivity index (χ1) is 17.5. The van der Waals surface area contributed by atoms with Gasteiger partial charge >= 0.3 is 0 Å². The first-order valence-corrected chi connectivity index (χ1v) is 12.8. The summed E-state index contributed by atoms with van der Waals surface area (Å²) in [6, 6.07) is 29.5. The Kier molecular flexibility index (Phi) is 5.70. The number of hydrogen-bond donors (Lipinski definition) is 1. The van der Waals surface area contributed by atoms with Crippen molar-refractivity contribution in [2.24, 2.45) is 4.99 Å². The minimum atomic E-state index is -0.116. The summed E-state index contributed by atoms with van der Waals surface area (Å²) in [4.78, 5) is 18.1. The van der Waals surface area contributed by atoms with Gasteiger partial charge in [0.15, 0.2) is 5.17 Å². The first-order valence-electron chi connectivity index (χ1n) is 12.0. The van der Waals surface area contributed by atoms with Gasteiger partial charge in [0.2, 0.25) is 0 Å². The molecule has 1 fully saturated rings. The zero-order valence-corrected chi connectivity index (χ0v) is 21.0. The number of benzene rings is 4. The van der Waals surface area contributed by atoms with Crippen molar-refractivity contribution in [2.45, 2.75) is 20.4 Å². The van der Waals surface area contributed by atoms with Crippen LogP contribution in [0.5, 0.6) is 0 Å². The summed E-state index contributed by atoms with van der Waals surface area (Å²) in [7, 11) is 0. The fourth-order valence-electron chi connectivity index (χ4n) is 4.72. The van der Waals surface area contributed by atoms with Gasteiger partial charge < -0.3 is 9.88 Å². The predicted molar refractivity (Wildman–Crippen MR) is 152 cm³/mol. The summed E-state index contributed by atoms with van der Waals surface area (Å²) in [6.45, 7) is 4.86. The van der Waals surface area contributed by atoms with Crippen molar-refractivity contribution in [2.75, 3.05) is 0 Å². The van der Waals surface area contributed by atoms with Crippen LogP contribution in [0.4, 0.5) is 5.69 Å². The average molecular weight is 488 g/mol. The number of nitrogens with zero attached hydrogens (tertiary/aromatic N) is 2. The van der Waals surface area contributed by atoms with Crippen LogP contribution in [-0.4, -0.2) is 15.6 Å². The van der Waals surface area contributed by atoms with Crippen LogP contribution in [0.25, 0.3) is 27.8 Å². The molecule has 6 rings (SSSR count). The molecule has 4 nitrogen and oxygen atoms in total. The predicted octanol–water partition coefficient (Wildman–Crippen LogP) is 7.35. The minimum absolute atomic E-state index is 0.116. The van der Waals surface area contributed by atoms with E-state index in [9.17, 15) is 4.79 Å². The second-order valence-electron chi connectivity index (χ2n) is 9.18. The lowest BCUT2D eigenvalue weighted by molar-refractivity contribution is -0.115. The Morgan fingerprint density at radius 2 is 1.72 bits per heavy atom. The van der Waals surface area contributed by atoms with E-state index in [2.05, 4.69) is 89.7 Å². The lowest BCUT2D eigenvalue weighted by atomic mass is 10.1. The van der Waals surface area contributed by atoms with E-state index < -0.39 is 0 Å². The van der Waals surface area contributed by atoms with E-state index in [1.54, 1.807) is 0 Å². The largest absolute Gasteiger partial charge is 0.342 e. The topological polar surface area (TPSA) is 46.4 Å². The zero-order valence-electron chi connectivity index (χ0n) is 20.2. The Balaban J connectivity index is 1.33. The van der Waals surface area contributed by atoms with Crippen molar-refractivity contribution < 1.29 is 4.79 Å². The summed E-state index contributed by atoms with van der Waals surface area (Å²) >= 11 is 1.39. The quantitative estimate of drug-likeness (QED) is 0.269. The van der Waals surface area contributed by atoms with Gasteiger partial charge in [0.05, 0.1) is 10.6 Å². The van der Waals surface area contributed by atoms with Crippen molar-refractivity contribution in [1.82, 2.24) is 9.88 Å². The molecule has 1 aromatic heterocycles. The van der Waals surface area contributed by atoms with E-state index in [4.69, 9.17) is 4.99 Å². The molecule has 4 aromatic carbocycles. The molecule has 0 saturated carbocycles. The molecule has 176 valence electrons. The Labute approximate surface area is 214 Å². The number of carbonyl (C=O) groups excluding carboxylic acids is 1. The van der Waals surface area contributed by atoms with E-state index in [0.717, 1.165) is 34.3 Å². The van der Waals surface area contributed by atoms with E-state index in [0.29, 0.717) is 10.1 Å². The molecule has 0 atom stereocenters. The van der Waals surface area contributed by atoms with Crippen molar-refractivity contribution in [3.63, 3.8) is 0 Å². The Morgan fingerprint density at radius 1 is 0.917 bits per heavy atom. The molecule has 0 aliphatic carbocycles. The number of hydrogen-bond acceptors (Lipinski definition) is 3. The first kappa shape index (κ1) is 22.4. The number of amides is 1. The molecule has 1 aliphatic rings. The Hall–Kier alpha value is -4.09. The highest BCUT2D eigenvalue weighted by atomic mass is 32.2. The summed E-state index contributed by atoms with van der Waals surface area (Å²) in [5.41, 5.74) is 6.56. The highest BCUT2D eigenvalue weighted by Gasteiger charge is 2.24. The van der Waals surface area contributed by atoms with Crippen LogP contribution in [0.3, 0.4) is 0 Å². The fraction of sp³-hybridized carbons (Fsp3) is 0.0968. The van der Waals surface area contributed by atoms with Gasteiger partial charge in [0.1, 0.15) is 0 Å². The highest BCUT2D eigenvalue weighted by Crippen LogP contribution is 2.32. The summed E-state index contributed by atoms with van der Waals surface area (Å²) in [5, 5.41) is 7.14. The maximum atomic E-state index is 12.8. The van der Waals surface area contributed by atoms with Gasteiger partial charge in [-0.25, -0.2) is 4.99 Å². The van der Waals surface area contributed by atoms with Gasteiger partial charge in [-0.2, -0.15) is 0 Å². The molecular weight excluding hydrogens is 462 g/mol. The lowest BCUT2D eigenvalue weighted by Crippen LogP contribution is -2.19. The third kappa shape index (κ3) is 4.34. The van der Waals surface area contributed by atoms with Gasteiger partial charge in [-0.3, -0.25) is 4.79 Å². The van der Waals surface area contributed by atoms with Crippen LogP contribution in [0.15, 0.2) is 101 Å². The second-order valence-corrected chi connectivity index (χ2v) is 10.2. The third-order valence-electron chi connectivity index (χ3n) is 6.50. The van der Waals surface area contributed by atoms with Crippen LogP contribution in [0.2, 0.25) is 0 Å². The molecule has 36 heavy (non-hydrogen) atoms. The van der Waals surface area contributed by atoms with E-state index in [1.807, 2.05) is 31.2 Å².